The highest BCUT2D eigenvalue weighted by Gasteiger charge is 2.20. The Labute approximate surface area is 185 Å². The predicted molar refractivity (Wildman–Crippen MR) is 107 cm³/mol. The van der Waals surface area contributed by atoms with Gasteiger partial charge in [-0.25, -0.2) is 9.59 Å². The fourth-order valence-corrected chi connectivity index (χ4v) is 2.56. The van der Waals surface area contributed by atoms with E-state index in [9.17, 15) is 19.8 Å². The van der Waals surface area contributed by atoms with Crippen molar-refractivity contribution in [2.24, 2.45) is 0 Å². The van der Waals surface area contributed by atoms with Gasteiger partial charge in [-0.1, -0.05) is 0 Å². The van der Waals surface area contributed by atoms with Crippen molar-refractivity contribution in [2.45, 2.75) is 12.8 Å². The monoisotopic (exact) mass is 462 g/mol. The van der Waals surface area contributed by atoms with Gasteiger partial charge in [0.15, 0.2) is 0 Å². The minimum atomic E-state index is -1.25. The van der Waals surface area contributed by atoms with Crippen LogP contribution in [0.3, 0.4) is 0 Å². The first-order valence-corrected chi connectivity index (χ1v) is 9.81. The summed E-state index contributed by atoms with van der Waals surface area (Å²) in [5.74, 6) is -2.49. The summed E-state index contributed by atoms with van der Waals surface area (Å²) in [6, 6.07) is 2.83. The lowest BCUT2D eigenvalue weighted by molar-refractivity contribution is -0.134. The third-order valence-electron chi connectivity index (χ3n) is 3.94. The van der Waals surface area contributed by atoms with E-state index in [2.05, 4.69) is 0 Å². The highest BCUT2D eigenvalue weighted by molar-refractivity contribution is 5.97. The van der Waals surface area contributed by atoms with Gasteiger partial charge in [0, 0.05) is 0 Å². The van der Waals surface area contributed by atoms with E-state index >= 15 is 0 Å². The molecule has 0 atom stereocenters. The molecule has 0 unspecified atom stereocenters. The van der Waals surface area contributed by atoms with Crippen LogP contribution in [0.1, 0.15) is 31.8 Å². The van der Waals surface area contributed by atoms with Gasteiger partial charge >= 0.3 is 11.9 Å². The zero-order valence-electron chi connectivity index (χ0n) is 17.7. The largest absolute Gasteiger partial charge is 0.478 e. The summed E-state index contributed by atoms with van der Waals surface area (Å²) in [4.78, 5) is 23.4. The van der Waals surface area contributed by atoms with Gasteiger partial charge in [0.25, 0.3) is 0 Å². The Kier molecular flexibility index (Phi) is 15.2. The van der Waals surface area contributed by atoms with E-state index < -0.39 is 11.9 Å². The number of ether oxygens (including phenoxy) is 6. The van der Waals surface area contributed by atoms with Gasteiger partial charge < -0.3 is 48.8 Å². The van der Waals surface area contributed by atoms with Crippen molar-refractivity contribution in [1.82, 2.24) is 0 Å². The molecule has 0 saturated carbocycles. The smallest absolute Gasteiger partial charge is 0.335 e. The Hall–Kier alpha value is -2.16. The van der Waals surface area contributed by atoms with Crippen molar-refractivity contribution in [2.75, 3.05) is 66.8 Å². The zero-order chi connectivity index (χ0) is 23.6. The fraction of sp³-hybridized carbons (Fsp3) is 0.600. The van der Waals surface area contributed by atoms with Crippen molar-refractivity contribution in [1.29, 1.82) is 0 Å². The van der Waals surface area contributed by atoms with E-state index in [0.29, 0.717) is 5.56 Å². The first-order valence-electron chi connectivity index (χ1n) is 9.81. The number of hydrogen-bond donors (Lipinski definition) is 4. The Morgan fingerprint density at radius 1 is 0.625 bits per heavy atom. The molecule has 0 radical (unpaired) electrons. The number of aliphatic hydroxyl groups is 2. The Balaban J connectivity index is 2.60. The van der Waals surface area contributed by atoms with Crippen LogP contribution >= 0.6 is 0 Å². The van der Waals surface area contributed by atoms with Crippen LogP contribution < -0.4 is 0 Å². The van der Waals surface area contributed by atoms with Gasteiger partial charge in [-0.15, -0.1) is 0 Å². The van der Waals surface area contributed by atoms with E-state index in [1.165, 1.54) is 12.1 Å². The summed E-state index contributed by atoms with van der Waals surface area (Å²) >= 11 is 0. The summed E-state index contributed by atoms with van der Waals surface area (Å²) < 4.78 is 30.3. The number of aromatic carboxylic acids is 2. The molecule has 4 N–H and O–H groups in total. The molecule has 12 heteroatoms. The molecule has 0 bridgehead atoms. The highest BCUT2D eigenvalue weighted by atomic mass is 16.7. The fourth-order valence-electron chi connectivity index (χ4n) is 2.56. The Bertz CT molecular complexity index is 644. The van der Waals surface area contributed by atoms with Crippen molar-refractivity contribution in [3.8, 4) is 0 Å². The van der Waals surface area contributed by atoms with Crippen LogP contribution in [0.25, 0.3) is 0 Å². The average Bonchev–Trinajstić information content (AvgIpc) is 2.77. The summed E-state index contributed by atoms with van der Waals surface area (Å²) in [5.41, 5.74) is 0.398. The van der Waals surface area contributed by atoms with Crippen molar-refractivity contribution in [3.63, 3.8) is 0 Å². The molecule has 0 fully saturated rings. The van der Waals surface area contributed by atoms with E-state index in [4.69, 9.17) is 38.6 Å². The number of carboxylic acid groups (broad SMARTS) is 2. The highest BCUT2D eigenvalue weighted by Crippen LogP contribution is 2.20. The normalized spacial score (nSPS) is 11.1. The third-order valence-corrected chi connectivity index (χ3v) is 3.94. The molecule has 0 saturated heterocycles. The molecule has 32 heavy (non-hydrogen) atoms. The maximum atomic E-state index is 11.7. The maximum absolute atomic E-state index is 11.7. The first kappa shape index (κ1) is 27.9. The minimum absolute atomic E-state index is 0.0373. The van der Waals surface area contributed by atoms with E-state index in [0.717, 1.165) is 0 Å². The molecule has 182 valence electrons. The lowest BCUT2D eigenvalue weighted by Gasteiger charge is -2.14. The lowest BCUT2D eigenvalue weighted by atomic mass is 9.94. The molecule has 12 nitrogen and oxygen atoms in total. The van der Waals surface area contributed by atoms with Crippen LogP contribution in [0.4, 0.5) is 0 Å². The molecule has 1 aromatic carbocycles. The van der Waals surface area contributed by atoms with Crippen LogP contribution in [0, 0.1) is 0 Å². The second kappa shape index (κ2) is 17.4. The Morgan fingerprint density at radius 2 is 1.03 bits per heavy atom. The molecule has 0 aliphatic heterocycles. The Morgan fingerprint density at radius 3 is 1.44 bits per heavy atom. The molecule has 0 aromatic heterocycles. The number of aliphatic hydroxyl groups excluding tert-OH is 2. The molecule has 0 heterocycles. The van der Waals surface area contributed by atoms with Crippen LogP contribution in [0.15, 0.2) is 12.1 Å². The predicted octanol–water partition coefficient (Wildman–Crippen LogP) is 0.0822. The zero-order valence-corrected chi connectivity index (χ0v) is 17.7. The molecule has 1 aromatic rings. The summed E-state index contributed by atoms with van der Waals surface area (Å²) in [6.07, 6.45) is 0.336. The SMILES string of the molecule is O=C(O)c1cc(CCOCOCOCCO)cc(C(=O)O)c1CCOCOCOCCO. The second-order valence-corrected chi connectivity index (χ2v) is 6.24. The number of carboxylic acids is 2. The standard InChI is InChI=1S/C20H30O12/c21-3-7-29-13-31-11-27-5-1-15-9-17(19(23)24)16(18(10-15)20(25)26)2-6-28-12-32-14-30-8-4-22/h9-10,21-22H,1-8,11-14H2,(H,23,24)(H,25,26). The molecular weight excluding hydrogens is 432 g/mol. The number of benzene rings is 1. The summed E-state index contributed by atoms with van der Waals surface area (Å²) in [7, 11) is 0. The van der Waals surface area contributed by atoms with Crippen LogP contribution in [0.2, 0.25) is 0 Å². The second-order valence-electron chi connectivity index (χ2n) is 6.24. The van der Waals surface area contributed by atoms with Crippen molar-refractivity contribution < 1.29 is 58.4 Å². The molecule has 0 amide bonds. The number of rotatable bonds is 20. The van der Waals surface area contributed by atoms with E-state index in [1.807, 2.05) is 0 Å². The van der Waals surface area contributed by atoms with Gasteiger partial charge in [0.2, 0.25) is 0 Å². The van der Waals surface area contributed by atoms with Crippen LogP contribution in [-0.4, -0.2) is 99.2 Å². The number of carbonyl (C=O) groups is 2. The van der Waals surface area contributed by atoms with Gasteiger partial charge in [-0.2, -0.15) is 0 Å². The first-order chi connectivity index (χ1) is 15.5. The van der Waals surface area contributed by atoms with Crippen LogP contribution in [-0.2, 0) is 41.3 Å². The quantitative estimate of drug-likeness (QED) is 0.152. The third kappa shape index (κ3) is 11.5. The summed E-state index contributed by atoms with van der Waals surface area (Å²) in [6.45, 7) is -0.0377. The van der Waals surface area contributed by atoms with Gasteiger partial charge in [0.05, 0.1) is 50.8 Å². The topological polar surface area (TPSA) is 170 Å². The van der Waals surface area contributed by atoms with Gasteiger partial charge in [-0.05, 0) is 36.1 Å². The molecule has 0 spiro atoms. The summed E-state index contributed by atoms with van der Waals surface area (Å²) in [5, 5.41) is 36.2. The van der Waals surface area contributed by atoms with Crippen LogP contribution in [0.5, 0.6) is 0 Å². The van der Waals surface area contributed by atoms with Crippen molar-refractivity contribution in [3.05, 3.63) is 34.4 Å². The molecule has 0 aliphatic carbocycles. The maximum Gasteiger partial charge on any atom is 0.335 e. The average molecular weight is 462 g/mol. The van der Waals surface area contributed by atoms with E-state index in [1.54, 1.807) is 0 Å². The number of hydrogen-bond acceptors (Lipinski definition) is 10. The van der Waals surface area contributed by atoms with Gasteiger partial charge in [0.1, 0.15) is 27.2 Å². The minimum Gasteiger partial charge on any atom is -0.478 e. The molecule has 0 aliphatic rings. The molecular formula is C20H30O12. The van der Waals surface area contributed by atoms with Crippen molar-refractivity contribution >= 4 is 11.9 Å². The van der Waals surface area contributed by atoms with Gasteiger partial charge in [-0.3, -0.25) is 0 Å². The van der Waals surface area contributed by atoms with E-state index in [-0.39, 0.29) is 96.3 Å². The lowest BCUT2D eigenvalue weighted by Crippen LogP contribution is -2.15. The molecule has 1 rings (SSSR count).